The molecule has 0 aliphatic carbocycles. The lowest BCUT2D eigenvalue weighted by Gasteiger charge is -2.28. The van der Waals surface area contributed by atoms with E-state index in [1.807, 2.05) is 38.1 Å². The van der Waals surface area contributed by atoms with Crippen molar-refractivity contribution in [2.75, 3.05) is 24.6 Å². The summed E-state index contributed by atoms with van der Waals surface area (Å²) in [5.74, 6) is 0.345. The number of fused-ring (bicyclic) bond motifs is 1. The molecule has 2 N–H and O–H groups in total. The van der Waals surface area contributed by atoms with Crippen LogP contribution in [-0.4, -0.2) is 42.2 Å². The maximum Gasteiger partial charge on any atom is 0.236 e. The number of hydrogen-bond donors (Lipinski definition) is 2. The lowest BCUT2D eigenvalue weighted by atomic mass is 9.86. The summed E-state index contributed by atoms with van der Waals surface area (Å²) in [7, 11) is 0. The van der Waals surface area contributed by atoms with Crippen molar-refractivity contribution in [3.63, 3.8) is 0 Å². The molecule has 2 aromatic rings. The van der Waals surface area contributed by atoms with Crippen LogP contribution in [0.4, 0.5) is 5.69 Å². The van der Waals surface area contributed by atoms with Gasteiger partial charge in [-0.2, -0.15) is 5.26 Å². The molecule has 7 heteroatoms. The van der Waals surface area contributed by atoms with Crippen molar-refractivity contribution >= 4 is 23.1 Å². The third-order valence-electron chi connectivity index (χ3n) is 5.74. The van der Waals surface area contributed by atoms with E-state index in [0.717, 1.165) is 58.8 Å². The summed E-state index contributed by atoms with van der Waals surface area (Å²) in [6.07, 6.45) is 2.58. The highest BCUT2D eigenvalue weighted by atomic mass is 35.5. The zero-order valence-electron chi connectivity index (χ0n) is 22.2. The monoisotopic (exact) mass is 511 g/mol. The van der Waals surface area contributed by atoms with Crippen molar-refractivity contribution in [2.24, 2.45) is 0 Å². The van der Waals surface area contributed by atoms with Gasteiger partial charge in [-0.25, -0.2) is 0 Å². The van der Waals surface area contributed by atoms with Crippen LogP contribution in [-0.2, 0) is 17.6 Å². The second kappa shape index (κ2) is 12.8. The minimum atomic E-state index is -0.500. The molecule has 0 radical (unpaired) electrons. The molecule has 0 spiro atoms. The minimum Gasteiger partial charge on any atom is -0.491 e. The molecule has 0 saturated carbocycles. The van der Waals surface area contributed by atoms with E-state index in [4.69, 9.17) is 21.4 Å². The van der Waals surface area contributed by atoms with Gasteiger partial charge in [-0.1, -0.05) is 30.3 Å². The van der Waals surface area contributed by atoms with E-state index in [9.17, 15) is 10.1 Å². The Bertz CT molecular complexity index is 1110. The molecule has 0 bridgehead atoms. The summed E-state index contributed by atoms with van der Waals surface area (Å²) >= 11 is 6.14. The van der Waals surface area contributed by atoms with Crippen molar-refractivity contribution in [2.45, 2.75) is 66.0 Å². The molecule has 194 valence electrons. The van der Waals surface area contributed by atoms with E-state index in [1.165, 1.54) is 0 Å². The summed E-state index contributed by atoms with van der Waals surface area (Å²) in [6, 6.07) is 9.71. The van der Waals surface area contributed by atoms with Gasteiger partial charge in [0.05, 0.1) is 17.9 Å². The number of nitrogens with zero attached hydrogens (tertiary/aromatic N) is 2. The first-order chi connectivity index (χ1) is 16.9. The van der Waals surface area contributed by atoms with Crippen LogP contribution in [0.3, 0.4) is 0 Å². The smallest absolute Gasteiger partial charge is 0.236 e. The number of ketones is 1. The van der Waals surface area contributed by atoms with E-state index in [0.29, 0.717) is 11.6 Å². The van der Waals surface area contributed by atoms with Crippen molar-refractivity contribution in [3.05, 3.63) is 58.8 Å². The first kappa shape index (κ1) is 29.2. The van der Waals surface area contributed by atoms with Gasteiger partial charge in [-0.3, -0.25) is 4.79 Å². The van der Waals surface area contributed by atoms with E-state index in [-0.39, 0.29) is 12.5 Å². The van der Waals surface area contributed by atoms with Gasteiger partial charge in [0.25, 0.3) is 0 Å². The number of carbonyl (C=O) groups is 1. The Morgan fingerprint density at radius 1 is 1.36 bits per heavy atom. The Kier molecular flexibility index (Phi) is 10.4. The first-order valence-corrected chi connectivity index (χ1v) is 12.6. The van der Waals surface area contributed by atoms with Crippen molar-refractivity contribution in [1.29, 1.82) is 5.26 Å². The fourth-order valence-corrected chi connectivity index (χ4v) is 4.52. The van der Waals surface area contributed by atoms with Crippen LogP contribution < -0.4 is 15.0 Å². The minimum absolute atomic E-state index is 0.0556. The molecule has 36 heavy (non-hydrogen) atoms. The average molecular weight is 512 g/mol. The lowest BCUT2D eigenvalue weighted by Crippen LogP contribution is -2.35. The second-order valence-corrected chi connectivity index (χ2v) is 10.3. The van der Waals surface area contributed by atoms with E-state index < -0.39 is 11.4 Å². The van der Waals surface area contributed by atoms with Gasteiger partial charge in [-0.05, 0) is 94.1 Å². The van der Waals surface area contributed by atoms with Gasteiger partial charge >= 0.3 is 0 Å². The van der Waals surface area contributed by atoms with Gasteiger partial charge < -0.3 is 20.1 Å². The van der Waals surface area contributed by atoms with Crippen LogP contribution in [0.1, 0.15) is 51.3 Å². The number of halogens is 1. The Morgan fingerprint density at radius 2 is 1.97 bits per heavy atom. The molecule has 2 aromatic carbocycles. The van der Waals surface area contributed by atoms with Crippen molar-refractivity contribution in [1.82, 2.24) is 5.32 Å². The number of nitriles is 1. The maximum absolute atomic E-state index is 12.2. The standard InChI is InChI=1S/C25H28ClN3O2.C4H10O/c1-5-28-11-12-29-16(3)13-22-23(18-7-9-19(26)10-8-18)21(14-20(30)15-27)17(4)25(24(22)29)31-6-2;1-4(2,3)5/h5,7-10,16,28H,1,6,11-14H2,2-4H3;5H,1-3H3. The van der Waals surface area contributed by atoms with Gasteiger partial charge in [0.15, 0.2) is 0 Å². The molecule has 0 aromatic heterocycles. The quantitative estimate of drug-likeness (QED) is 0.336. The molecule has 1 aliphatic heterocycles. The number of anilines is 1. The highest BCUT2D eigenvalue weighted by Gasteiger charge is 2.35. The first-order valence-electron chi connectivity index (χ1n) is 12.3. The molecule has 1 heterocycles. The normalized spacial score (nSPS) is 14.3. The van der Waals surface area contributed by atoms with Crippen molar-refractivity contribution < 1.29 is 14.6 Å². The summed E-state index contributed by atoms with van der Waals surface area (Å²) in [6.45, 7) is 17.2. The van der Waals surface area contributed by atoms with Gasteiger partial charge in [0, 0.05) is 30.6 Å². The fraction of sp³-hybridized carbons (Fsp3) is 0.448. The highest BCUT2D eigenvalue weighted by molar-refractivity contribution is 6.30. The zero-order valence-corrected chi connectivity index (χ0v) is 23.0. The number of ether oxygens (including phenoxy) is 1. The molecule has 1 unspecified atom stereocenters. The molecular formula is C29H38ClN3O3. The topological polar surface area (TPSA) is 85.6 Å². The molecule has 0 amide bonds. The highest BCUT2D eigenvalue weighted by Crippen LogP contribution is 2.49. The number of Topliss-reactive ketones (excluding diaryl/α,β-unsaturated/α-hetero) is 1. The van der Waals surface area contributed by atoms with Crippen molar-refractivity contribution in [3.8, 4) is 22.9 Å². The number of benzene rings is 2. The SMILES string of the molecule is C=CNCCN1c2c(c(-c3ccc(Cl)cc3)c(CC(=O)C#N)c(C)c2OCC)CC1C.CC(C)(C)O. The van der Waals surface area contributed by atoms with Crippen LogP contribution in [0.25, 0.3) is 11.1 Å². The fourth-order valence-electron chi connectivity index (χ4n) is 4.39. The second-order valence-electron chi connectivity index (χ2n) is 9.86. The molecule has 1 aliphatic rings. The number of hydrogen-bond acceptors (Lipinski definition) is 6. The molecule has 6 nitrogen and oxygen atoms in total. The van der Waals surface area contributed by atoms with Crippen LogP contribution in [0.2, 0.25) is 5.02 Å². The van der Waals surface area contributed by atoms with Crippen LogP contribution in [0.15, 0.2) is 37.0 Å². The Balaban J connectivity index is 0.000000830. The van der Waals surface area contributed by atoms with Crippen LogP contribution in [0.5, 0.6) is 5.75 Å². The summed E-state index contributed by atoms with van der Waals surface area (Å²) in [4.78, 5) is 14.6. The summed E-state index contributed by atoms with van der Waals surface area (Å²) in [5, 5.41) is 21.5. The Labute approximate surface area is 220 Å². The maximum atomic E-state index is 12.2. The average Bonchev–Trinajstić information content (AvgIpc) is 3.12. The van der Waals surface area contributed by atoms with Gasteiger partial charge in [0.1, 0.15) is 11.8 Å². The number of carbonyl (C=O) groups excluding carboxylic acids is 1. The Morgan fingerprint density at radius 3 is 2.50 bits per heavy atom. The van der Waals surface area contributed by atoms with Gasteiger partial charge in [0.2, 0.25) is 5.78 Å². The Hall–Kier alpha value is -3.01. The van der Waals surface area contributed by atoms with E-state index in [1.54, 1.807) is 33.0 Å². The van der Waals surface area contributed by atoms with E-state index in [2.05, 4.69) is 23.7 Å². The number of rotatable bonds is 9. The largest absolute Gasteiger partial charge is 0.491 e. The van der Waals surface area contributed by atoms with Gasteiger partial charge in [-0.15, -0.1) is 0 Å². The van der Waals surface area contributed by atoms with E-state index >= 15 is 0 Å². The molecule has 0 fully saturated rings. The molecule has 1 atom stereocenters. The molecule has 0 saturated heterocycles. The third-order valence-corrected chi connectivity index (χ3v) is 5.99. The van der Waals surface area contributed by atoms with Crippen LogP contribution in [0, 0.1) is 18.3 Å². The predicted octanol–water partition coefficient (Wildman–Crippen LogP) is 5.61. The summed E-state index contributed by atoms with van der Waals surface area (Å²) < 4.78 is 6.13. The lowest BCUT2D eigenvalue weighted by molar-refractivity contribution is -0.113. The molecule has 3 rings (SSSR count). The predicted molar refractivity (Wildman–Crippen MR) is 148 cm³/mol. The molecular weight excluding hydrogens is 474 g/mol. The zero-order chi connectivity index (χ0) is 27.0. The third kappa shape index (κ3) is 7.49. The number of aliphatic hydroxyl groups is 1. The number of nitrogens with one attached hydrogen (secondary N) is 1. The summed E-state index contributed by atoms with van der Waals surface area (Å²) in [5.41, 5.74) is 5.51. The van der Waals surface area contributed by atoms with Crippen LogP contribution >= 0.6 is 11.6 Å².